The number of carbonyl (C=O) groups is 2. The minimum Gasteiger partial charge on any atom is -0.476 e. The summed E-state index contributed by atoms with van der Waals surface area (Å²) in [5.74, 6) is -0.452. The van der Waals surface area contributed by atoms with Crippen LogP contribution in [0.1, 0.15) is 23.3 Å². The molecule has 2 heterocycles. The van der Waals surface area contributed by atoms with Crippen molar-refractivity contribution in [3.05, 3.63) is 18.1 Å². The van der Waals surface area contributed by atoms with E-state index >= 15 is 0 Å². The number of aromatic nitrogens is 2. The lowest BCUT2D eigenvalue weighted by Crippen LogP contribution is -2.40. The molecule has 1 aromatic heterocycles. The number of aromatic carboxylic acids is 1. The second-order valence-corrected chi connectivity index (χ2v) is 4.44. The first-order valence-electron chi connectivity index (χ1n) is 6.13. The predicted molar refractivity (Wildman–Crippen MR) is 68.0 cm³/mol. The van der Waals surface area contributed by atoms with E-state index in [-0.39, 0.29) is 17.5 Å². The van der Waals surface area contributed by atoms with Gasteiger partial charge in [0.25, 0.3) is 0 Å². The number of amides is 1. The summed E-state index contributed by atoms with van der Waals surface area (Å²) >= 11 is 0. The van der Waals surface area contributed by atoms with Gasteiger partial charge in [0.1, 0.15) is 5.82 Å². The van der Waals surface area contributed by atoms with E-state index in [0.717, 1.165) is 12.8 Å². The van der Waals surface area contributed by atoms with E-state index < -0.39 is 5.97 Å². The molecule has 0 aliphatic carbocycles. The van der Waals surface area contributed by atoms with Crippen molar-refractivity contribution >= 4 is 17.7 Å². The van der Waals surface area contributed by atoms with Gasteiger partial charge in [-0.2, -0.15) is 0 Å². The van der Waals surface area contributed by atoms with Crippen LogP contribution in [0.5, 0.6) is 0 Å². The van der Waals surface area contributed by atoms with Gasteiger partial charge in [-0.1, -0.05) is 0 Å². The van der Waals surface area contributed by atoms with E-state index in [0.29, 0.717) is 18.9 Å². The second-order valence-electron chi connectivity index (χ2n) is 4.44. The summed E-state index contributed by atoms with van der Waals surface area (Å²) in [6.45, 7) is 1.35. The summed E-state index contributed by atoms with van der Waals surface area (Å²) in [6, 6.07) is 0. The lowest BCUT2D eigenvalue weighted by atomic mass is 9.96. The highest BCUT2D eigenvalue weighted by atomic mass is 16.4. The molecule has 1 saturated heterocycles. The average molecular weight is 264 g/mol. The third-order valence-corrected chi connectivity index (χ3v) is 3.28. The molecular formula is C12H16N4O3. The van der Waals surface area contributed by atoms with Crippen LogP contribution in [0.2, 0.25) is 0 Å². The van der Waals surface area contributed by atoms with Crippen molar-refractivity contribution in [2.75, 3.05) is 25.0 Å². The average Bonchev–Trinajstić information content (AvgIpc) is 2.46. The van der Waals surface area contributed by atoms with Gasteiger partial charge in [0.05, 0.1) is 12.4 Å². The van der Waals surface area contributed by atoms with Crippen LogP contribution >= 0.6 is 0 Å². The number of nitrogens with one attached hydrogen (secondary N) is 1. The Bertz CT molecular complexity index is 484. The zero-order valence-corrected chi connectivity index (χ0v) is 10.7. The lowest BCUT2D eigenvalue weighted by Gasteiger charge is -2.31. The number of rotatable bonds is 3. The van der Waals surface area contributed by atoms with Crippen molar-refractivity contribution in [2.24, 2.45) is 5.92 Å². The zero-order valence-electron chi connectivity index (χ0n) is 10.7. The standard InChI is InChI=1S/C12H16N4O3/c1-13-11(17)8-2-4-16(5-3-8)10-7-14-6-9(15-10)12(18)19/h6-8H,2-5H2,1H3,(H,13,17)(H,18,19). The highest BCUT2D eigenvalue weighted by Gasteiger charge is 2.25. The first-order valence-corrected chi connectivity index (χ1v) is 6.13. The Morgan fingerprint density at radius 3 is 2.63 bits per heavy atom. The van der Waals surface area contributed by atoms with Gasteiger partial charge in [-0.25, -0.2) is 9.78 Å². The van der Waals surface area contributed by atoms with Crippen LogP contribution in [0, 0.1) is 5.92 Å². The summed E-state index contributed by atoms with van der Waals surface area (Å²) in [7, 11) is 1.64. The summed E-state index contributed by atoms with van der Waals surface area (Å²) in [5.41, 5.74) is -0.0640. The van der Waals surface area contributed by atoms with E-state index in [1.54, 1.807) is 13.2 Å². The first kappa shape index (κ1) is 13.3. The molecule has 2 N–H and O–H groups in total. The topological polar surface area (TPSA) is 95.4 Å². The molecular weight excluding hydrogens is 248 g/mol. The Morgan fingerprint density at radius 1 is 1.37 bits per heavy atom. The van der Waals surface area contributed by atoms with Gasteiger partial charge in [0.2, 0.25) is 5.91 Å². The molecule has 0 radical (unpaired) electrons. The molecule has 0 aromatic carbocycles. The summed E-state index contributed by atoms with van der Waals surface area (Å²) < 4.78 is 0. The molecule has 7 nitrogen and oxygen atoms in total. The quantitative estimate of drug-likeness (QED) is 0.806. The van der Waals surface area contributed by atoms with Crippen LogP contribution < -0.4 is 10.2 Å². The number of piperidine rings is 1. The van der Waals surface area contributed by atoms with Crippen molar-refractivity contribution in [1.82, 2.24) is 15.3 Å². The highest BCUT2D eigenvalue weighted by molar-refractivity contribution is 5.85. The van der Waals surface area contributed by atoms with E-state index in [2.05, 4.69) is 15.3 Å². The molecule has 2 rings (SSSR count). The molecule has 0 spiro atoms. The largest absolute Gasteiger partial charge is 0.476 e. The molecule has 1 aliphatic heterocycles. The maximum Gasteiger partial charge on any atom is 0.356 e. The maximum atomic E-state index is 11.5. The molecule has 1 fully saturated rings. The number of hydrogen-bond donors (Lipinski definition) is 2. The normalized spacial score (nSPS) is 16.2. The van der Waals surface area contributed by atoms with Crippen molar-refractivity contribution < 1.29 is 14.7 Å². The van der Waals surface area contributed by atoms with Crippen LogP contribution in [0.25, 0.3) is 0 Å². The van der Waals surface area contributed by atoms with E-state index in [1.807, 2.05) is 4.90 Å². The Labute approximate surface area is 110 Å². The molecule has 1 amide bonds. The van der Waals surface area contributed by atoms with E-state index in [4.69, 9.17) is 5.11 Å². The fraction of sp³-hybridized carbons (Fsp3) is 0.500. The summed E-state index contributed by atoms with van der Waals surface area (Å²) in [4.78, 5) is 32.3. The summed E-state index contributed by atoms with van der Waals surface area (Å²) in [6.07, 6.45) is 4.24. The van der Waals surface area contributed by atoms with Gasteiger partial charge < -0.3 is 15.3 Å². The number of carboxylic acid groups (broad SMARTS) is 1. The third-order valence-electron chi connectivity index (χ3n) is 3.28. The Balaban J connectivity index is 2.03. The van der Waals surface area contributed by atoms with Crippen molar-refractivity contribution in [3.8, 4) is 0 Å². The Hall–Kier alpha value is -2.18. The molecule has 7 heteroatoms. The Morgan fingerprint density at radius 2 is 2.05 bits per heavy atom. The van der Waals surface area contributed by atoms with Gasteiger partial charge in [-0.15, -0.1) is 0 Å². The minimum atomic E-state index is -1.09. The second kappa shape index (κ2) is 5.64. The molecule has 0 saturated carbocycles. The van der Waals surface area contributed by atoms with Gasteiger partial charge in [0.15, 0.2) is 5.69 Å². The molecule has 102 valence electrons. The van der Waals surface area contributed by atoms with Crippen LogP contribution in [-0.2, 0) is 4.79 Å². The van der Waals surface area contributed by atoms with Gasteiger partial charge in [-0.05, 0) is 12.8 Å². The third kappa shape index (κ3) is 2.98. The predicted octanol–water partition coefficient (Wildman–Crippen LogP) is 0.137. The van der Waals surface area contributed by atoms with E-state index in [9.17, 15) is 9.59 Å². The van der Waals surface area contributed by atoms with Crippen molar-refractivity contribution in [1.29, 1.82) is 0 Å². The van der Waals surface area contributed by atoms with Crippen LogP contribution in [0.4, 0.5) is 5.82 Å². The first-order chi connectivity index (χ1) is 9.11. The van der Waals surface area contributed by atoms with Crippen LogP contribution in [-0.4, -0.2) is 47.1 Å². The Kier molecular flexibility index (Phi) is 3.94. The van der Waals surface area contributed by atoms with E-state index in [1.165, 1.54) is 6.20 Å². The maximum absolute atomic E-state index is 11.5. The fourth-order valence-electron chi connectivity index (χ4n) is 2.19. The SMILES string of the molecule is CNC(=O)C1CCN(c2cncc(C(=O)O)n2)CC1. The van der Waals surface area contributed by atoms with Crippen molar-refractivity contribution in [2.45, 2.75) is 12.8 Å². The highest BCUT2D eigenvalue weighted by Crippen LogP contribution is 2.21. The van der Waals surface area contributed by atoms with Gasteiger partial charge in [0, 0.05) is 26.1 Å². The fourth-order valence-corrected chi connectivity index (χ4v) is 2.19. The molecule has 1 aliphatic rings. The smallest absolute Gasteiger partial charge is 0.356 e. The molecule has 1 aromatic rings. The monoisotopic (exact) mass is 264 g/mol. The number of hydrogen-bond acceptors (Lipinski definition) is 5. The van der Waals surface area contributed by atoms with Gasteiger partial charge >= 0.3 is 5.97 Å². The molecule has 0 atom stereocenters. The summed E-state index contributed by atoms with van der Waals surface area (Å²) in [5, 5.41) is 11.5. The van der Waals surface area contributed by atoms with Crippen molar-refractivity contribution in [3.63, 3.8) is 0 Å². The van der Waals surface area contributed by atoms with Crippen LogP contribution in [0.3, 0.4) is 0 Å². The van der Waals surface area contributed by atoms with Gasteiger partial charge in [-0.3, -0.25) is 9.78 Å². The molecule has 0 bridgehead atoms. The number of anilines is 1. The number of carbonyl (C=O) groups excluding carboxylic acids is 1. The molecule has 0 unspecified atom stereocenters. The minimum absolute atomic E-state index is 0.0249. The number of carboxylic acids is 1. The number of nitrogens with zero attached hydrogens (tertiary/aromatic N) is 3. The molecule has 19 heavy (non-hydrogen) atoms. The van der Waals surface area contributed by atoms with Crippen LogP contribution in [0.15, 0.2) is 12.4 Å². The lowest BCUT2D eigenvalue weighted by molar-refractivity contribution is -0.125. The zero-order chi connectivity index (χ0) is 13.8.